The first kappa shape index (κ1) is 14.7. The highest BCUT2D eigenvalue weighted by Crippen LogP contribution is 2.54. The number of rotatable bonds is 4. The van der Waals surface area contributed by atoms with Crippen LogP contribution in [-0.4, -0.2) is 27.2 Å². The summed E-state index contributed by atoms with van der Waals surface area (Å²) in [5, 5.41) is 0. The van der Waals surface area contributed by atoms with E-state index in [1.807, 2.05) is 19.9 Å². The highest BCUT2D eigenvalue weighted by Gasteiger charge is 2.73. The zero-order chi connectivity index (χ0) is 14.5. The first-order chi connectivity index (χ1) is 8.64. The molecule has 0 bridgehead atoms. The van der Waals surface area contributed by atoms with Crippen molar-refractivity contribution >= 4 is 17.9 Å². The van der Waals surface area contributed by atoms with E-state index >= 15 is 0 Å². The Morgan fingerprint density at radius 2 is 1.68 bits per heavy atom. The summed E-state index contributed by atoms with van der Waals surface area (Å²) in [6, 6.07) is 8.68. The van der Waals surface area contributed by atoms with E-state index in [0.29, 0.717) is 4.90 Å². The SMILES string of the molecule is CC(C)[C@@H]1O[C@@]1([Si](C)(C)C)S(=O)(=O)c1ccccc1. The highest BCUT2D eigenvalue weighted by molar-refractivity contribution is 7.95. The van der Waals surface area contributed by atoms with Crippen molar-refractivity contribution < 1.29 is 13.2 Å². The fraction of sp³-hybridized carbons (Fsp3) is 0.571. The standard InChI is InChI=1S/C14H22O3SSi/c1-11(2)13-14(17-13,19(3,4)5)18(15,16)12-9-7-6-8-10-12/h6-11,13H,1-5H3/t13-,14+/m0/s1. The predicted molar refractivity (Wildman–Crippen MR) is 79.4 cm³/mol. The molecule has 1 saturated heterocycles. The van der Waals surface area contributed by atoms with E-state index in [1.165, 1.54) is 0 Å². The molecule has 0 N–H and O–H groups in total. The van der Waals surface area contributed by atoms with Crippen molar-refractivity contribution in [2.45, 2.75) is 49.0 Å². The third-order valence-corrected chi connectivity index (χ3v) is 10.9. The molecule has 2 rings (SSSR count). The molecule has 0 amide bonds. The molecule has 0 spiro atoms. The molecule has 5 heteroatoms. The molecule has 0 unspecified atom stereocenters. The second-order valence-electron chi connectivity index (χ2n) is 6.52. The molecule has 0 aromatic heterocycles. The first-order valence-electron chi connectivity index (χ1n) is 6.62. The molecule has 1 aromatic rings. The zero-order valence-corrected chi connectivity index (χ0v) is 14.0. The fourth-order valence-electron chi connectivity index (χ4n) is 2.73. The van der Waals surface area contributed by atoms with Crippen molar-refractivity contribution in [1.82, 2.24) is 0 Å². The number of hydrogen-bond acceptors (Lipinski definition) is 3. The van der Waals surface area contributed by atoms with Crippen LogP contribution < -0.4 is 0 Å². The fourth-order valence-corrected chi connectivity index (χ4v) is 9.65. The van der Waals surface area contributed by atoms with Crippen molar-refractivity contribution in [2.75, 3.05) is 0 Å². The van der Waals surface area contributed by atoms with Gasteiger partial charge < -0.3 is 4.74 Å². The van der Waals surface area contributed by atoms with Crippen LogP contribution in [0, 0.1) is 5.92 Å². The van der Waals surface area contributed by atoms with E-state index < -0.39 is 22.5 Å². The smallest absolute Gasteiger partial charge is 0.207 e. The lowest BCUT2D eigenvalue weighted by Gasteiger charge is -2.27. The van der Waals surface area contributed by atoms with Crippen molar-refractivity contribution in [3.05, 3.63) is 30.3 Å². The van der Waals surface area contributed by atoms with E-state index in [1.54, 1.807) is 24.3 Å². The Morgan fingerprint density at radius 1 is 1.16 bits per heavy atom. The summed E-state index contributed by atoms with van der Waals surface area (Å²) in [6.07, 6.45) is -0.177. The minimum atomic E-state index is -3.44. The average molecular weight is 298 g/mol. The second kappa shape index (κ2) is 4.43. The Kier molecular flexibility index (Phi) is 3.44. The Morgan fingerprint density at radius 3 is 2.05 bits per heavy atom. The Bertz CT molecular complexity index is 560. The highest BCUT2D eigenvalue weighted by atomic mass is 32.2. The molecular weight excluding hydrogens is 276 g/mol. The number of ether oxygens (including phenoxy) is 1. The molecule has 1 aromatic carbocycles. The topological polar surface area (TPSA) is 46.7 Å². The van der Waals surface area contributed by atoms with Crippen molar-refractivity contribution in [3.63, 3.8) is 0 Å². The van der Waals surface area contributed by atoms with Gasteiger partial charge in [0.05, 0.1) is 4.90 Å². The summed E-state index contributed by atoms with van der Waals surface area (Å²) in [7, 11) is -5.47. The van der Waals surface area contributed by atoms with Crippen molar-refractivity contribution in [2.24, 2.45) is 5.92 Å². The van der Waals surface area contributed by atoms with Gasteiger partial charge in [0.15, 0.2) is 4.56 Å². The molecule has 1 heterocycles. The van der Waals surface area contributed by atoms with Crippen LogP contribution in [0.15, 0.2) is 35.2 Å². The lowest BCUT2D eigenvalue weighted by Crippen LogP contribution is -2.50. The molecule has 1 aliphatic heterocycles. The maximum absolute atomic E-state index is 13.0. The number of hydrogen-bond donors (Lipinski definition) is 0. The van der Waals surface area contributed by atoms with Gasteiger partial charge in [0.2, 0.25) is 9.84 Å². The third kappa shape index (κ3) is 2.08. The first-order valence-corrected chi connectivity index (χ1v) is 11.6. The van der Waals surface area contributed by atoms with Crippen LogP contribution in [0.4, 0.5) is 0 Å². The molecule has 106 valence electrons. The molecule has 0 saturated carbocycles. The minimum Gasteiger partial charge on any atom is -0.353 e. The van der Waals surface area contributed by atoms with Gasteiger partial charge in [-0.1, -0.05) is 51.7 Å². The minimum absolute atomic E-state index is 0.177. The lowest BCUT2D eigenvalue weighted by molar-refractivity contribution is 0.338. The monoisotopic (exact) mass is 298 g/mol. The Hall–Kier alpha value is -0.653. The summed E-state index contributed by atoms with van der Waals surface area (Å²) in [5.74, 6) is 0.213. The Labute approximate surface area is 116 Å². The summed E-state index contributed by atoms with van der Waals surface area (Å²) < 4.78 is 30.8. The molecule has 2 atom stereocenters. The molecule has 1 aliphatic rings. The van der Waals surface area contributed by atoms with E-state index in [0.717, 1.165) is 0 Å². The van der Waals surface area contributed by atoms with Gasteiger partial charge in [0, 0.05) is 0 Å². The van der Waals surface area contributed by atoms with Crippen LogP contribution in [0.1, 0.15) is 13.8 Å². The van der Waals surface area contributed by atoms with Gasteiger partial charge in [-0.25, -0.2) is 8.42 Å². The van der Waals surface area contributed by atoms with Crippen molar-refractivity contribution in [3.8, 4) is 0 Å². The van der Waals surface area contributed by atoms with Crippen LogP contribution in [0.2, 0.25) is 19.6 Å². The maximum Gasteiger partial charge on any atom is 0.207 e. The van der Waals surface area contributed by atoms with E-state index in [4.69, 9.17) is 4.74 Å². The third-order valence-electron chi connectivity index (χ3n) is 3.72. The zero-order valence-electron chi connectivity index (χ0n) is 12.2. The molecule has 3 nitrogen and oxygen atoms in total. The van der Waals surface area contributed by atoms with Gasteiger partial charge in [-0.15, -0.1) is 0 Å². The summed E-state index contributed by atoms with van der Waals surface area (Å²) >= 11 is 0. The van der Waals surface area contributed by atoms with Gasteiger partial charge in [-0.05, 0) is 18.1 Å². The molecule has 0 aliphatic carbocycles. The van der Waals surface area contributed by atoms with Crippen LogP contribution in [0.5, 0.6) is 0 Å². The summed E-state index contributed by atoms with van der Waals surface area (Å²) in [6.45, 7) is 10.2. The Balaban J connectivity index is 2.54. The van der Waals surface area contributed by atoms with Crippen LogP contribution in [0.3, 0.4) is 0 Å². The maximum atomic E-state index is 13.0. The molecular formula is C14H22O3SSi. The molecule has 0 radical (unpaired) electrons. The summed E-state index contributed by atoms with van der Waals surface area (Å²) in [4.78, 5) is 0.376. The molecule has 19 heavy (non-hydrogen) atoms. The van der Waals surface area contributed by atoms with Gasteiger partial charge in [-0.2, -0.15) is 0 Å². The van der Waals surface area contributed by atoms with Gasteiger partial charge in [0.1, 0.15) is 14.2 Å². The van der Waals surface area contributed by atoms with Gasteiger partial charge in [-0.3, -0.25) is 0 Å². The van der Waals surface area contributed by atoms with E-state index in [-0.39, 0.29) is 12.0 Å². The largest absolute Gasteiger partial charge is 0.353 e. The average Bonchev–Trinajstić information content (AvgIpc) is 3.06. The van der Waals surface area contributed by atoms with Crippen LogP contribution >= 0.6 is 0 Å². The number of benzene rings is 1. The predicted octanol–water partition coefficient (Wildman–Crippen LogP) is 3.09. The van der Waals surface area contributed by atoms with E-state index in [2.05, 4.69) is 19.6 Å². The van der Waals surface area contributed by atoms with Crippen LogP contribution in [0.25, 0.3) is 0 Å². The van der Waals surface area contributed by atoms with E-state index in [9.17, 15) is 8.42 Å². The van der Waals surface area contributed by atoms with Gasteiger partial charge in [0.25, 0.3) is 0 Å². The van der Waals surface area contributed by atoms with Crippen molar-refractivity contribution in [1.29, 1.82) is 0 Å². The summed E-state index contributed by atoms with van der Waals surface area (Å²) in [5.41, 5.74) is 0. The quantitative estimate of drug-likeness (QED) is 0.634. The number of sulfone groups is 1. The number of epoxide rings is 1. The van der Waals surface area contributed by atoms with Gasteiger partial charge >= 0.3 is 0 Å². The van der Waals surface area contributed by atoms with Crippen LogP contribution in [-0.2, 0) is 14.6 Å². The normalized spacial score (nSPS) is 27.6. The second-order valence-corrected chi connectivity index (χ2v) is 14.2. The lowest BCUT2D eigenvalue weighted by atomic mass is 10.1. The molecule has 1 fully saturated rings.